The van der Waals surface area contributed by atoms with Crippen LogP contribution in [0.15, 0.2) is 53.4 Å². The summed E-state index contributed by atoms with van der Waals surface area (Å²) < 4.78 is 26.7. The van der Waals surface area contributed by atoms with Gasteiger partial charge in [0.2, 0.25) is 5.13 Å². The molecule has 2 aromatic carbocycles. The van der Waals surface area contributed by atoms with Crippen molar-refractivity contribution in [1.29, 1.82) is 0 Å². The third kappa shape index (κ3) is 4.20. The van der Waals surface area contributed by atoms with E-state index in [1.54, 1.807) is 48.5 Å². The molecule has 0 aliphatic carbocycles. The number of aromatic nitrogens is 2. The lowest BCUT2D eigenvalue weighted by Crippen LogP contribution is -2.26. The highest BCUT2D eigenvalue weighted by Gasteiger charge is 2.21. The number of hydrogen-bond acceptors (Lipinski definition) is 6. The van der Waals surface area contributed by atoms with Gasteiger partial charge in [0.05, 0.1) is 10.6 Å². The van der Waals surface area contributed by atoms with Gasteiger partial charge < -0.3 is 0 Å². The molecule has 9 heteroatoms. The molecule has 0 saturated heterocycles. The van der Waals surface area contributed by atoms with E-state index in [2.05, 4.69) is 15.5 Å². The topological polar surface area (TPSA) is 92.3 Å². The minimum atomic E-state index is -3.67. The predicted molar refractivity (Wildman–Crippen MR) is 110 cm³/mol. The van der Waals surface area contributed by atoms with Crippen molar-refractivity contribution in [2.24, 2.45) is 0 Å². The van der Waals surface area contributed by atoms with E-state index in [1.807, 2.05) is 13.8 Å². The summed E-state index contributed by atoms with van der Waals surface area (Å²) >= 11 is 1.32. The molecule has 0 saturated carbocycles. The maximum absolute atomic E-state index is 12.8. The Balaban J connectivity index is 1.75. The van der Waals surface area contributed by atoms with Crippen molar-refractivity contribution in [3.05, 3.63) is 64.7 Å². The Morgan fingerprint density at radius 1 is 1.07 bits per heavy atom. The van der Waals surface area contributed by atoms with Gasteiger partial charge in [0, 0.05) is 12.6 Å². The highest BCUT2D eigenvalue weighted by Crippen LogP contribution is 2.23. The van der Waals surface area contributed by atoms with Crippen LogP contribution in [0.5, 0.6) is 0 Å². The first-order valence-electron chi connectivity index (χ1n) is 8.60. The first kappa shape index (κ1) is 20.0. The molecule has 0 spiro atoms. The minimum absolute atomic E-state index is 0.213. The number of nitrogens with zero attached hydrogens (tertiary/aromatic N) is 3. The molecule has 3 rings (SSSR count). The molecular weight excluding hydrogens is 396 g/mol. The van der Waals surface area contributed by atoms with Crippen molar-refractivity contribution in [2.75, 3.05) is 16.7 Å². The molecule has 0 atom stereocenters. The van der Waals surface area contributed by atoms with Crippen LogP contribution in [0.3, 0.4) is 0 Å². The maximum atomic E-state index is 12.8. The Kier molecular flexibility index (Phi) is 5.76. The van der Waals surface area contributed by atoms with E-state index in [0.29, 0.717) is 16.4 Å². The lowest BCUT2D eigenvalue weighted by Gasteiger charge is -2.19. The number of rotatable bonds is 6. The van der Waals surface area contributed by atoms with Gasteiger partial charge in [-0.1, -0.05) is 36.0 Å². The summed E-state index contributed by atoms with van der Waals surface area (Å²) in [7, 11) is -2.19. The second-order valence-corrected chi connectivity index (χ2v) is 9.17. The Morgan fingerprint density at radius 2 is 1.71 bits per heavy atom. The number of anilines is 2. The van der Waals surface area contributed by atoms with Gasteiger partial charge in [-0.3, -0.25) is 14.4 Å². The molecule has 0 radical (unpaired) electrons. The van der Waals surface area contributed by atoms with E-state index in [9.17, 15) is 13.2 Å². The van der Waals surface area contributed by atoms with Crippen LogP contribution >= 0.6 is 11.3 Å². The summed E-state index contributed by atoms with van der Waals surface area (Å²) in [5, 5.41) is 11.9. The fourth-order valence-electron chi connectivity index (χ4n) is 2.45. The zero-order valence-electron chi connectivity index (χ0n) is 15.7. The van der Waals surface area contributed by atoms with E-state index in [0.717, 1.165) is 17.0 Å². The summed E-state index contributed by atoms with van der Waals surface area (Å²) in [6.07, 6.45) is 0.754. The van der Waals surface area contributed by atoms with Crippen LogP contribution in [-0.4, -0.2) is 31.6 Å². The molecule has 1 amide bonds. The van der Waals surface area contributed by atoms with E-state index < -0.39 is 10.0 Å². The fourth-order valence-corrected chi connectivity index (χ4v) is 4.32. The zero-order chi connectivity index (χ0) is 20.3. The van der Waals surface area contributed by atoms with Crippen molar-refractivity contribution in [3.63, 3.8) is 0 Å². The van der Waals surface area contributed by atoms with Gasteiger partial charge in [0.25, 0.3) is 15.9 Å². The van der Waals surface area contributed by atoms with Crippen LogP contribution in [-0.2, 0) is 16.4 Å². The van der Waals surface area contributed by atoms with Gasteiger partial charge in [-0.2, -0.15) is 0 Å². The van der Waals surface area contributed by atoms with Crippen molar-refractivity contribution in [1.82, 2.24) is 10.2 Å². The third-order valence-electron chi connectivity index (χ3n) is 4.16. The first-order chi connectivity index (χ1) is 13.3. The second-order valence-electron chi connectivity index (χ2n) is 6.14. The molecule has 0 fully saturated rings. The number of amides is 1. The number of carbonyl (C=O) groups excluding carboxylic acids is 1. The average molecular weight is 417 g/mol. The second kappa shape index (κ2) is 8.07. The van der Waals surface area contributed by atoms with Crippen LogP contribution in [0.4, 0.5) is 10.8 Å². The Hall–Kier alpha value is -2.78. The summed E-state index contributed by atoms with van der Waals surface area (Å²) in [4.78, 5) is 12.6. The van der Waals surface area contributed by atoms with E-state index in [1.165, 1.54) is 22.7 Å². The highest BCUT2D eigenvalue weighted by molar-refractivity contribution is 7.92. The van der Waals surface area contributed by atoms with Crippen LogP contribution in [0, 0.1) is 6.92 Å². The molecule has 0 aliphatic rings. The molecule has 3 aromatic rings. The summed E-state index contributed by atoms with van der Waals surface area (Å²) in [5.74, 6) is -0.325. The number of sulfonamides is 1. The summed E-state index contributed by atoms with van der Waals surface area (Å²) in [6.45, 7) is 3.86. The zero-order valence-corrected chi connectivity index (χ0v) is 17.3. The van der Waals surface area contributed by atoms with E-state index >= 15 is 0 Å². The number of carbonyl (C=O) groups is 1. The summed E-state index contributed by atoms with van der Waals surface area (Å²) in [5.41, 5.74) is 1.85. The predicted octanol–water partition coefficient (Wildman–Crippen LogP) is 3.49. The van der Waals surface area contributed by atoms with Gasteiger partial charge >= 0.3 is 0 Å². The van der Waals surface area contributed by atoms with Gasteiger partial charge in [0.1, 0.15) is 5.01 Å². The van der Waals surface area contributed by atoms with Crippen molar-refractivity contribution in [2.45, 2.75) is 25.2 Å². The van der Waals surface area contributed by atoms with Crippen LogP contribution in [0.1, 0.15) is 27.9 Å². The van der Waals surface area contributed by atoms with Gasteiger partial charge in [0.15, 0.2) is 0 Å². The average Bonchev–Trinajstić information content (AvgIpc) is 3.15. The fraction of sp³-hybridized carbons (Fsp3) is 0.211. The van der Waals surface area contributed by atoms with Crippen LogP contribution in [0.2, 0.25) is 0 Å². The van der Waals surface area contributed by atoms with Crippen molar-refractivity contribution >= 4 is 38.1 Å². The third-order valence-corrected chi connectivity index (χ3v) is 6.95. The SMILES string of the molecule is CCc1nnc(NC(=O)c2ccc(N(C)S(=O)(=O)c3ccc(C)cc3)cc2)s1. The normalized spacial score (nSPS) is 11.2. The van der Waals surface area contributed by atoms with Crippen LogP contribution < -0.4 is 9.62 Å². The number of nitrogens with one attached hydrogen (secondary N) is 1. The van der Waals surface area contributed by atoms with E-state index in [-0.39, 0.29) is 10.8 Å². The largest absolute Gasteiger partial charge is 0.296 e. The Morgan fingerprint density at radius 3 is 2.29 bits per heavy atom. The lowest BCUT2D eigenvalue weighted by atomic mass is 10.2. The van der Waals surface area contributed by atoms with Crippen molar-refractivity contribution in [3.8, 4) is 0 Å². The molecule has 28 heavy (non-hydrogen) atoms. The molecular formula is C19H20N4O3S2. The molecule has 0 aliphatic heterocycles. The quantitative estimate of drug-likeness (QED) is 0.664. The minimum Gasteiger partial charge on any atom is -0.296 e. The van der Waals surface area contributed by atoms with E-state index in [4.69, 9.17) is 0 Å². The number of benzene rings is 2. The molecule has 1 N–H and O–H groups in total. The Bertz CT molecular complexity index is 1080. The smallest absolute Gasteiger partial charge is 0.264 e. The molecule has 1 aromatic heterocycles. The molecule has 1 heterocycles. The molecule has 7 nitrogen and oxygen atoms in total. The molecule has 0 unspecified atom stereocenters. The number of hydrogen-bond donors (Lipinski definition) is 1. The molecule has 146 valence electrons. The summed E-state index contributed by atoms with van der Waals surface area (Å²) in [6, 6.07) is 13.0. The maximum Gasteiger partial charge on any atom is 0.264 e. The Labute approximate surface area is 168 Å². The van der Waals surface area contributed by atoms with Gasteiger partial charge in [-0.15, -0.1) is 10.2 Å². The molecule has 0 bridgehead atoms. The standard InChI is InChI=1S/C19H20N4O3S2/c1-4-17-21-22-19(27-17)20-18(24)14-7-9-15(10-8-14)23(3)28(25,26)16-11-5-13(2)6-12-16/h5-12H,4H2,1-3H3,(H,20,22,24). The first-order valence-corrected chi connectivity index (χ1v) is 10.9. The van der Waals surface area contributed by atoms with Crippen LogP contribution in [0.25, 0.3) is 0 Å². The monoisotopic (exact) mass is 416 g/mol. The van der Waals surface area contributed by atoms with Gasteiger partial charge in [-0.05, 0) is 49.7 Å². The van der Waals surface area contributed by atoms with Gasteiger partial charge in [-0.25, -0.2) is 8.42 Å². The lowest BCUT2D eigenvalue weighted by molar-refractivity contribution is 0.102. The highest BCUT2D eigenvalue weighted by atomic mass is 32.2. The number of aryl methyl sites for hydroxylation is 2. The van der Waals surface area contributed by atoms with Crippen molar-refractivity contribution < 1.29 is 13.2 Å².